The lowest BCUT2D eigenvalue weighted by Crippen LogP contribution is -2.54. The molecular formula is C27H28N6O5. The summed E-state index contributed by atoms with van der Waals surface area (Å²) in [5, 5.41) is 7.72. The molecule has 5 amide bonds. The van der Waals surface area contributed by atoms with Gasteiger partial charge in [-0.15, -0.1) is 0 Å². The second-order valence-corrected chi connectivity index (χ2v) is 9.78. The summed E-state index contributed by atoms with van der Waals surface area (Å²) in [6.07, 6.45) is 4.62. The normalized spacial score (nSPS) is 21.3. The van der Waals surface area contributed by atoms with Gasteiger partial charge in [-0.05, 0) is 56.7 Å². The van der Waals surface area contributed by atoms with E-state index in [1.54, 1.807) is 24.3 Å². The van der Waals surface area contributed by atoms with E-state index in [9.17, 15) is 19.2 Å². The molecule has 11 heteroatoms. The number of likely N-dealkylation sites (tertiary alicyclic amines) is 1. The van der Waals surface area contributed by atoms with E-state index in [-0.39, 0.29) is 30.8 Å². The summed E-state index contributed by atoms with van der Waals surface area (Å²) in [7, 11) is 3.56. The highest BCUT2D eigenvalue weighted by molar-refractivity contribution is 6.10. The fraction of sp³-hybridized carbons (Fsp3) is 0.370. The molecule has 11 nitrogen and oxygen atoms in total. The van der Waals surface area contributed by atoms with Crippen LogP contribution in [0.1, 0.15) is 34.3 Å². The molecule has 2 aromatic rings. The Morgan fingerprint density at radius 2 is 2.00 bits per heavy atom. The number of fused-ring (bicyclic) bond motifs is 1. The number of imide groups is 1. The molecule has 3 aliphatic rings. The Morgan fingerprint density at radius 1 is 1.21 bits per heavy atom. The van der Waals surface area contributed by atoms with Gasteiger partial charge in [-0.1, -0.05) is 17.9 Å². The van der Waals surface area contributed by atoms with Crippen molar-refractivity contribution in [2.45, 2.75) is 24.9 Å². The monoisotopic (exact) mass is 516 g/mol. The molecule has 3 aliphatic heterocycles. The fourth-order valence-electron chi connectivity index (χ4n) is 4.88. The number of carbonyl (C=O) groups excluding carboxylic acids is 4. The van der Waals surface area contributed by atoms with E-state index in [2.05, 4.69) is 37.7 Å². The summed E-state index contributed by atoms with van der Waals surface area (Å²) in [5.41, 5.74) is 0.566. The largest absolute Gasteiger partial charge is 0.497 e. The standard InChI is InChI=1S/C27H28N6O5/c1-32-9-6-18(7-10-32)23(34)29-20-11-17(13-28-14-20)5-8-27(25(36)30-26(37)31-27)16-33-15-19-3-4-21(38-2)12-22(19)24(33)35/h3-4,11-14,18H,6-7,9-10,15-16H2,1-2H3,(H,29,34)(H2,30,31,36,37)/t27-/m1/s1. The lowest BCUT2D eigenvalue weighted by molar-refractivity contribution is -0.122. The van der Waals surface area contributed by atoms with Gasteiger partial charge in [-0.2, -0.15) is 0 Å². The van der Waals surface area contributed by atoms with Gasteiger partial charge in [0.1, 0.15) is 5.75 Å². The first-order valence-electron chi connectivity index (χ1n) is 12.3. The Labute approximate surface area is 219 Å². The summed E-state index contributed by atoms with van der Waals surface area (Å²) >= 11 is 0. The van der Waals surface area contributed by atoms with Crippen molar-refractivity contribution in [2.24, 2.45) is 5.92 Å². The fourth-order valence-corrected chi connectivity index (χ4v) is 4.88. The van der Waals surface area contributed by atoms with Crippen LogP contribution in [0.4, 0.5) is 10.5 Å². The van der Waals surface area contributed by atoms with Crippen molar-refractivity contribution >= 4 is 29.4 Å². The molecule has 0 bridgehead atoms. The summed E-state index contributed by atoms with van der Waals surface area (Å²) < 4.78 is 5.22. The number of methoxy groups -OCH3 is 1. The number of amides is 5. The number of nitrogens with one attached hydrogen (secondary N) is 3. The van der Waals surface area contributed by atoms with Gasteiger partial charge in [0.25, 0.3) is 11.8 Å². The molecule has 0 radical (unpaired) electrons. The number of ether oxygens (including phenoxy) is 1. The molecule has 0 aliphatic carbocycles. The zero-order valence-corrected chi connectivity index (χ0v) is 21.2. The number of piperidine rings is 1. The summed E-state index contributed by atoms with van der Waals surface area (Å²) in [6, 6.07) is 6.20. The van der Waals surface area contributed by atoms with E-state index in [0.29, 0.717) is 22.6 Å². The zero-order valence-electron chi connectivity index (χ0n) is 21.2. The van der Waals surface area contributed by atoms with E-state index < -0.39 is 17.5 Å². The Kier molecular flexibility index (Phi) is 6.73. The maximum atomic E-state index is 13.1. The lowest BCUT2D eigenvalue weighted by atomic mass is 9.96. The van der Waals surface area contributed by atoms with Crippen LogP contribution in [0.5, 0.6) is 5.75 Å². The Bertz CT molecular complexity index is 1370. The van der Waals surface area contributed by atoms with Gasteiger partial charge in [0.05, 0.1) is 25.5 Å². The minimum atomic E-state index is -1.65. The topological polar surface area (TPSA) is 133 Å². The third-order valence-corrected chi connectivity index (χ3v) is 7.08. The van der Waals surface area contributed by atoms with Gasteiger partial charge in [-0.3, -0.25) is 24.7 Å². The Hall–Kier alpha value is -4.43. The highest BCUT2D eigenvalue weighted by Gasteiger charge is 2.48. The van der Waals surface area contributed by atoms with Gasteiger partial charge in [0.2, 0.25) is 11.4 Å². The molecule has 1 atom stereocenters. The van der Waals surface area contributed by atoms with E-state index in [1.807, 2.05) is 7.05 Å². The van der Waals surface area contributed by atoms with Gasteiger partial charge in [-0.25, -0.2) is 4.79 Å². The first kappa shape index (κ1) is 25.2. The molecule has 0 saturated carbocycles. The highest BCUT2D eigenvalue weighted by Crippen LogP contribution is 2.28. The quantitative estimate of drug-likeness (QED) is 0.398. The van der Waals surface area contributed by atoms with E-state index in [0.717, 1.165) is 31.5 Å². The second-order valence-electron chi connectivity index (χ2n) is 9.78. The smallest absolute Gasteiger partial charge is 0.323 e. The third kappa shape index (κ3) is 5.03. The SMILES string of the molecule is COc1ccc2c(c1)C(=O)N(C[C@@]1(C#Cc3cncc(NC(=O)C4CCN(C)CC4)c3)NC(=O)NC1=O)C2. The number of aromatic nitrogens is 1. The first-order valence-corrected chi connectivity index (χ1v) is 12.3. The van der Waals surface area contributed by atoms with Crippen LogP contribution in [0.15, 0.2) is 36.7 Å². The van der Waals surface area contributed by atoms with E-state index in [4.69, 9.17) is 4.74 Å². The second kappa shape index (κ2) is 10.1. The number of hydrogen-bond acceptors (Lipinski definition) is 7. The summed E-state index contributed by atoms with van der Waals surface area (Å²) in [5.74, 6) is 5.27. The number of pyridine rings is 1. The molecule has 1 aromatic heterocycles. The van der Waals surface area contributed by atoms with Crippen LogP contribution in [-0.2, 0) is 16.1 Å². The van der Waals surface area contributed by atoms with Crippen molar-refractivity contribution in [1.82, 2.24) is 25.4 Å². The number of rotatable bonds is 5. The van der Waals surface area contributed by atoms with Crippen LogP contribution in [0, 0.1) is 17.8 Å². The molecule has 2 fully saturated rings. The number of urea groups is 1. The van der Waals surface area contributed by atoms with Crippen molar-refractivity contribution in [3.8, 4) is 17.6 Å². The molecule has 2 saturated heterocycles. The maximum absolute atomic E-state index is 13.1. The number of hydrogen-bond donors (Lipinski definition) is 3. The molecule has 0 unspecified atom stereocenters. The van der Waals surface area contributed by atoms with Crippen LogP contribution in [0.3, 0.4) is 0 Å². The molecular weight excluding hydrogens is 488 g/mol. The zero-order chi connectivity index (χ0) is 26.9. The van der Waals surface area contributed by atoms with Crippen molar-refractivity contribution in [1.29, 1.82) is 0 Å². The minimum Gasteiger partial charge on any atom is -0.497 e. The van der Waals surface area contributed by atoms with Gasteiger partial charge in [0.15, 0.2) is 0 Å². The Balaban J connectivity index is 1.34. The average Bonchev–Trinajstić information content (AvgIpc) is 3.37. The van der Waals surface area contributed by atoms with Gasteiger partial charge >= 0.3 is 6.03 Å². The average molecular weight is 517 g/mol. The molecule has 4 heterocycles. The maximum Gasteiger partial charge on any atom is 0.323 e. The number of carbonyl (C=O) groups is 4. The van der Waals surface area contributed by atoms with Crippen LogP contribution < -0.4 is 20.7 Å². The molecule has 196 valence electrons. The molecule has 5 rings (SSSR count). The predicted octanol–water partition coefficient (Wildman–Crippen LogP) is 0.956. The lowest BCUT2D eigenvalue weighted by Gasteiger charge is -2.28. The van der Waals surface area contributed by atoms with Gasteiger partial charge < -0.3 is 25.2 Å². The minimum absolute atomic E-state index is 0.0624. The van der Waals surface area contributed by atoms with Crippen LogP contribution in [-0.4, -0.2) is 77.9 Å². The number of anilines is 1. The van der Waals surface area contributed by atoms with Gasteiger partial charge in [0, 0.05) is 29.8 Å². The molecule has 3 N–H and O–H groups in total. The molecule has 1 aromatic carbocycles. The van der Waals surface area contributed by atoms with Crippen molar-refractivity contribution in [3.05, 3.63) is 53.3 Å². The van der Waals surface area contributed by atoms with Crippen LogP contribution in [0.25, 0.3) is 0 Å². The predicted molar refractivity (Wildman–Crippen MR) is 137 cm³/mol. The number of benzene rings is 1. The van der Waals surface area contributed by atoms with Crippen molar-refractivity contribution < 1.29 is 23.9 Å². The van der Waals surface area contributed by atoms with Crippen molar-refractivity contribution in [3.63, 3.8) is 0 Å². The van der Waals surface area contributed by atoms with Crippen molar-refractivity contribution in [2.75, 3.05) is 39.1 Å². The molecule has 0 spiro atoms. The van der Waals surface area contributed by atoms with Crippen LogP contribution >= 0.6 is 0 Å². The highest BCUT2D eigenvalue weighted by atomic mass is 16.5. The Morgan fingerprint density at radius 3 is 2.71 bits per heavy atom. The van der Waals surface area contributed by atoms with E-state index >= 15 is 0 Å². The van der Waals surface area contributed by atoms with Crippen LogP contribution in [0.2, 0.25) is 0 Å². The van der Waals surface area contributed by atoms with E-state index in [1.165, 1.54) is 24.4 Å². The summed E-state index contributed by atoms with van der Waals surface area (Å²) in [4.78, 5) is 58.6. The summed E-state index contributed by atoms with van der Waals surface area (Å²) in [6.45, 7) is 1.86. The number of nitrogens with zero attached hydrogens (tertiary/aromatic N) is 3. The molecule has 38 heavy (non-hydrogen) atoms. The third-order valence-electron chi connectivity index (χ3n) is 7.08. The first-order chi connectivity index (χ1) is 18.3.